The molecule has 0 spiro atoms. The van der Waals surface area contributed by atoms with Crippen molar-refractivity contribution in [2.75, 3.05) is 0 Å². The topological polar surface area (TPSA) is 59.4 Å². The standard InChI is InChI=1S/C14H19NO3/c1-14(2)7-5-10(6-8-14)18-11-3-4-12(13(16)17)15-9-11/h3-4,9-10H,5-8H2,1-2H3,(H,16,17). The van der Waals surface area contributed by atoms with Crippen LogP contribution in [-0.2, 0) is 0 Å². The highest BCUT2D eigenvalue weighted by Crippen LogP contribution is 2.36. The first-order chi connectivity index (χ1) is 8.46. The van der Waals surface area contributed by atoms with Crippen molar-refractivity contribution in [3.05, 3.63) is 24.0 Å². The van der Waals surface area contributed by atoms with E-state index in [1.807, 2.05) is 0 Å². The van der Waals surface area contributed by atoms with Crippen LogP contribution in [0.1, 0.15) is 50.0 Å². The van der Waals surface area contributed by atoms with E-state index in [1.54, 1.807) is 6.07 Å². The van der Waals surface area contributed by atoms with E-state index in [4.69, 9.17) is 9.84 Å². The van der Waals surface area contributed by atoms with Gasteiger partial charge in [0, 0.05) is 0 Å². The predicted octanol–water partition coefficient (Wildman–Crippen LogP) is 3.13. The molecule has 98 valence electrons. The average molecular weight is 249 g/mol. The molecule has 1 heterocycles. The zero-order valence-electron chi connectivity index (χ0n) is 10.8. The van der Waals surface area contributed by atoms with E-state index in [0.29, 0.717) is 11.2 Å². The second-order valence-corrected chi connectivity index (χ2v) is 5.67. The van der Waals surface area contributed by atoms with Gasteiger partial charge in [-0.25, -0.2) is 9.78 Å². The second-order valence-electron chi connectivity index (χ2n) is 5.67. The summed E-state index contributed by atoms with van der Waals surface area (Å²) in [5, 5.41) is 8.75. The maximum absolute atomic E-state index is 10.7. The Hall–Kier alpha value is -1.58. The summed E-state index contributed by atoms with van der Waals surface area (Å²) in [6.07, 6.45) is 6.15. The lowest BCUT2D eigenvalue weighted by Gasteiger charge is -2.34. The Morgan fingerprint density at radius 3 is 2.56 bits per heavy atom. The third-order valence-electron chi connectivity index (χ3n) is 3.54. The van der Waals surface area contributed by atoms with Crippen LogP contribution in [0.4, 0.5) is 0 Å². The molecular weight excluding hydrogens is 230 g/mol. The number of rotatable bonds is 3. The Kier molecular flexibility index (Phi) is 3.55. The lowest BCUT2D eigenvalue weighted by atomic mass is 9.76. The maximum Gasteiger partial charge on any atom is 0.354 e. The van der Waals surface area contributed by atoms with Crippen LogP contribution in [0, 0.1) is 5.41 Å². The number of hydrogen-bond acceptors (Lipinski definition) is 3. The first-order valence-electron chi connectivity index (χ1n) is 6.32. The lowest BCUT2D eigenvalue weighted by Crippen LogP contribution is -2.28. The largest absolute Gasteiger partial charge is 0.489 e. The van der Waals surface area contributed by atoms with E-state index >= 15 is 0 Å². The third-order valence-corrected chi connectivity index (χ3v) is 3.54. The summed E-state index contributed by atoms with van der Waals surface area (Å²) in [5.41, 5.74) is 0.470. The molecule has 0 atom stereocenters. The van der Waals surface area contributed by atoms with Gasteiger partial charge in [-0.1, -0.05) is 13.8 Å². The monoisotopic (exact) mass is 249 g/mol. The third kappa shape index (κ3) is 3.22. The zero-order valence-corrected chi connectivity index (χ0v) is 10.8. The molecule has 0 unspecified atom stereocenters. The number of pyridine rings is 1. The van der Waals surface area contributed by atoms with Gasteiger partial charge in [-0.15, -0.1) is 0 Å². The summed E-state index contributed by atoms with van der Waals surface area (Å²) in [6.45, 7) is 4.57. The molecule has 0 aliphatic heterocycles. The highest BCUT2D eigenvalue weighted by atomic mass is 16.5. The van der Waals surface area contributed by atoms with Crippen LogP contribution in [0.25, 0.3) is 0 Å². The lowest BCUT2D eigenvalue weighted by molar-refractivity contribution is 0.0690. The van der Waals surface area contributed by atoms with Gasteiger partial charge in [0.05, 0.1) is 12.3 Å². The zero-order chi connectivity index (χ0) is 13.2. The van der Waals surface area contributed by atoms with Crippen molar-refractivity contribution in [2.24, 2.45) is 5.41 Å². The molecule has 0 radical (unpaired) electrons. The number of aromatic carboxylic acids is 1. The van der Waals surface area contributed by atoms with E-state index in [1.165, 1.54) is 12.3 Å². The van der Waals surface area contributed by atoms with Crippen LogP contribution in [0.3, 0.4) is 0 Å². The van der Waals surface area contributed by atoms with Gasteiger partial charge in [0.1, 0.15) is 11.4 Å². The molecule has 1 aliphatic carbocycles. The molecule has 1 fully saturated rings. The Morgan fingerprint density at radius 1 is 1.39 bits per heavy atom. The molecule has 18 heavy (non-hydrogen) atoms. The number of aromatic nitrogens is 1. The molecule has 4 nitrogen and oxygen atoms in total. The van der Waals surface area contributed by atoms with E-state index in [2.05, 4.69) is 18.8 Å². The average Bonchev–Trinajstić information content (AvgIpc) is 2.33. The van der Waals surface area contributed by atoms with Crippen LogP contribution >= 0.6 is 0 Å². The van der Waals surface area contributed by atoms with Crippen molar-refractivity contribution >= 4 is 5.97 Å². The van der Waals surface area contributed by atoms with Crippen molar-refractivity contribution in [3.8, 4) is 5.75 Å². The number of carboxylic acid groups (broad SMARTS) is 1. The van der Waals surface area contributed by atoms with Crippen LogP contribution in [0.15, 0.2) is 18.3 Å². The number of hydrogen-bond donors (Lipinski definition) is 1. The number of carbonyl (C=O) groups is 1. The van der Waals surface area contributed by atoms with Crippen molar-refractivity contribution in [3.63, 3.8) is 0 Å². The van der Waals surface area contributed by atoms with Gasteiger partial charge in [-0.2, -0.15) is 0 Å². The smallest absolute Gasteiger partial charge is 0.354 e. The van der Waals surface area contributed by atoms with Crippen LogP contribution in [0.5, 0.6) is 5.75 Å². The van der Waals surface area contributed by atoms with Gasteiger partial charge in [0.2, 0.25) is 0 Å². The molecule has 0 amide bonds. The van der Waals surface area contributed by atoms with Crippen molar-refractivity contribution in [2.45, 2.75) is 45.6 Å². The van der Waals surface area contributed by atoms with Gasteiger partial charge < -0.3 is 9.84 Å². The highest BCUT2D eigenvalue weighted by Gasteiger charge is 2.27. The van der Waals surface area contributed by atoms with E-state index in [0.717, 1.165) is 25.7 Å². The fraction of sp³-hybridized carbons (Fsp3) is 0.571. The summed E-state index contributed by atoms with van der Waals surface area (Å²) >= 11 is 0. The van der Waals surface area contributed by atoms with Crippen LogP contribution < -0.4 is 4.74 Å². The minimum atomic E-state index is -1.01. The van der Waals surface area contributed by atoms with Crippen LogP contribution in [-0.4, -0.2) is 22.2 Å². The molecule has 2 rings (SSSR count). The SMILES string of the molecule is CC1(C)CCC(Oc2ccc(C(=O)O)nc2)CC1. The molecule has 4 heteroatoms. The highest BCUT2D eigenvalue weighted by molar-refractivity contribution is 5.85. The molecule has 1 aliphatic rings. The summed E-state index contributed by atoms with van der Waals surface area (Å²) in [4.78, 5) is 14.5. The summed E-state index contributed by atoms with van der Waals surface area (Å²) in [5.74, 6) is -0.356. The summed E-state index contributed by atoms with van der Waals surface area (Å²) in [7, 11) is 0. The number of nitrogens with zero attached hydrogens (tertiary/aromatic N) is 1. The Bertz CT molecular complexity index is 415. The minimum Gasteiger partial charge on any atom is -0.489 e. The van der Waals surface area contributed by atoms with E-state index in [-0.39, 0.29) is 11.8 Å². The van der Waals surface area contributed by atoms with Gasteiger partial charge in [-0.05, 0) is 43.2 Å². The molecule has 0 bridgehead atoms. The quantitative estimate of drug-likeness (QED) is 0.894. The number of carboxylic acids is 1. The number of ether oxygens (including phenoxy) is 1. The molecule has 1 saturated carbocycles. The Morgan fingerprint density at radius 2 is 2.06 bits per heavy atom. The van der Waals surface area contributed by atoms with Gasteiger partial charge in [0.15, 0.2) is 0 Å². The minimum absolute atomic E-state index is 0.0483. The fourth-order valence-electron chi connectivity index (χ4n) is 2.26. The molecule has 0 saturated heterocycles. The molecule has 0 aromatic carbocycles. The Labute approximate surface area is 107 Å². The van der Waals surface area contributed by atoms with Crippen molar-refractivity contribution in [1.29, 1.82) is 0 Å². The molecule has 1 aromatic rings. The Balaban J connectivity index is 1.92. The molecule has 1 N–H and O–H groups in total. The fourth-order valence-corrected chi connectivity index (χ4v) is 2.26. The maximum atomic E-state index is 10.7. The summed E-state index contributed by atoms with van der Waals surface area (Å²) in [6, 6.07) is 3.15. The predicted molar refractivity (Wildman–Crippen MR) is 67.9 cm³/mol. The first kappa shape index (κ1) is 12.9. The van der Waals surface area contributed by atoms with E-state index in [9.17, 15) is 4.79 Å². The van der Waals surface area contributed by atoms with Gasteiger partial charge >= 0.3 is 5.97 Å². The van der Waals surface area contributed by atoms with Crippen molar-refractivity contribution < 1.29 is 14.6 Å². The van der Waals surface area contributed by atoms with Crippen LogP contribution in [0.2, 0.25) is 0 Å². The second kappa shape index (κ2) is 4.96. The normalized spacial score (nSPS) is 19.4. The molecular formula is C14H19NO3. The van der Waals surface area contributed by atoms with E-state index < -0.39 is 5.97 Å². The van der Waals surface area contributed by atoms with Gasteiger partial charge in [-0.3, -0.25) is 0 Å². The van der Waals surface area contributed by atoms with Crippen molar-refractivity contribution in [1.82, 2.24) is 4.98 Å². The molecule has 1 aromatic heterocycles. The summed E-state index contributed by atoms with van der Waals surface area (Å²) < 4.78 is 5.83. The first-order valence-corrected chi connectivity index (χ1v) is 6.32. The van der Waals surface area contributed by atoms with Gasteiger partial charge in [0.25, 0.3) is 0 Å².